The molecule has 18 heavy (non-hydrogen) atoms. The summed E-state index contributed by atoms with van der Waals surface area (Å²) in [6.45, 7) is 0. The molecule has 0 unspecified atom stereocenters. The molecule has 1 N–H and O–H groups in total. The van der Waals surface area contributed by atoms with Gasteiger partial charge in [0.2, 0.25) is 5.95 Å². The third kappa shape index (κ3) is 3.07. The maximum atomic E-state index is 12.9. The zero-order valence-electron chi connectivity index (χ0n) is 9.68. The van der Waals surface area contributed by atoms with E-state index in [1.807, 2.05) is 24.5 Å². The Balaban J connectivity index is 2.16. The van der Waals surface area contributed by atoms with E-state index in [1.54, 1.807) is 17.8 Å². The molecule has 0 radical (unpaired) electrons. The number of halogens is 1. The van der Waals surface area contributed by atoms with Gasteiger partial charge in [-0.1, -0.05) is 12.1 Å². The monoisotopic (exact) mass is 262 g/mol. The summed E-state index contributed by atoms with van der Waals surface area (Å²) in [7, 11) is 0. The standard InChI is InChI=1S/C13H11FN2OS/c1-18-10-5-2-4-9(8-10)15-13(17)11-6-3-7-12(14)16-11/h2-8H,1H3,(H,15,17). The SMILES string of the molecule is CSc1cccc(NC(=O)c2cccc(F)n2)c1. The second-order valence-corrected chi connectivity index (χ2v) is 4.41. The number of carbonyl (C=O) groups excluding carboxylic acids is 1. The van der Waals surface area contributed by atoms with Gasteiger partial charge in [-0.3, -0.25) is 4.79 Å². The highest BCUT2D eigenvalue weighted by atomic mass is 32.2. The second kappa shape index (κ2) is 5.64. The first-order valence-corrected chi connectivity index (χ1v) is 6.49. The van der Waals surface area contributed by atoms with Crippen LogP contribution >= 0.6 is 11.8 Å². The highest BCUT2D eigenvalue weighted by molar-refractivity contribution is 7.98. The van der Waals surface area contributed by atoms with Gasteiger partial charge >= 0.3 is 0 Å². The van der Waals surface area contributed by atoms with Gasteiger partial charge in [0.25, 0.3) is 5.91 Å². The van der Waals surface area contributed by atoms with Gasteiger partial charge in [-0.2, -0.15) is 4.39 Å². The molecule has 1 heterocycles. The van der Waals surface area contributed by atoms with Gasteiger partial charge in [-0.05, 0) is 36.6 Å². The largest absolute Gasteiger partial charge is 0.321 e. The summed E-state index contributed by atoms with van der Waals surface area (Å²) < 4.78 is 12.9. The summed E-state index contributed by atoms with van der Waals surface area (Å²) in [5.74, 6) is -1.09. The van der Waals surface area contributed by atoms with Crippen molar-refractivity contribution < 1.29 is 9.18 Å². The Labute approximate surface area is 108 Å². The van der Waals surface area contributed by atoms with Crippen molar-refractivity contribution in [2.24, 2.45) is 0 Å². The lowest BCUT2D eigenvalue weighted by Crippen LogP contribution is -2.14. The van der Waals surface area contributed by atoms with Crippen LogP contribution in [0.4, 0.5) is 10.1 Å². The van der Waals surface area contributed by atoms with Crippen molar-refractivity contribution in [3.05, 3.63) is 54.1 Å². The number of carbonyl (C=O) groups is 1. The number of hydrogen-bond donors (Lipinski definition) is 1. The normalized spacial score (nSPS) is 10.1. The third-order valence-corrected chi connectivity index (χ3v) is 3.00. The van der Waals surface area contributed by atoms with Crippen molar-refractivity contribution in [1.29, 1.82) is 0 Å². The predicted octanol–water partition coefficient (Wildman–Crippen LogP) is 3.19. The Morgan fingerprint density at radius 3 is 2.78 bits per heavy atom. The Morgan fingerprint density at radius 1 is 1.28 bits per heavy atom. The van der Waals surface area contributed by atoms with E-state index in [2.05, 4.69) is 10.3 Å². The van der Waals surface area contributed by atoms with E-state index in [-0.39, 0.29) is 5.69 Å². The van der Waals surface area contributed by atoms with Gasteiger partial charge in [-0.25, -0.2) is 4.98 Å². The fourth-order valence-corrected chi connectivity index (χ4v) is 1.89. The van der Waals surface area contributed by atoms with Gasteiger partial charge in [-0.15, -0.1) is 11.8 Å². The molecule has 1 amide bonds. The molecule has 0 spiro atoms. The van der Waals surface area contributed by atoms with Crippen molar-refractivity contribution in [2.45, 2.75) is 4.90 Å². The van der Waals surface area contributed by atoms with Gasteiger partial charge in [0, 0.05) is 10.6 Å². The lowest BCUT2D eigenvalue weighted by molar-refractivity contribution is 0.102. The zero-order valence-corrected chi connectivity index (χ0v) is 10.5. The minimum absolute atomic E-state index is 0.0598. The fraction of sp³-hybridized carbons (Fsp3) is 0.0769. The number of amides is 1. The van der Waals surface area contributed by atoms with Crippen molar-refractivity contribution in [3.8, 4) is 0 Å². The lowest BCUT2D eigenvalue weighted by atomic mass is 10.3. The summed E-state index contributed by atoms with van der Waals surface area (Å²) in [4.78, 5) is 16.4. The molecule has 0 saturated heterocycles. The van der Waals surface area contributed by atoms with E-state index in [4.69, 9.17) is 0 Å². The van der Waals surface area contributed by atoms with Crippen molar-refractivity contribution in [1.82, 2.24) is 4.98 Å². The maximum Gasteiger partial charge on any atom is 0.274 e. The molecule has 5 heteroatoms. The molecule has 0 atom stereocenters. The number of hydrogen-bond acceptors (Lipinski definition) is 3. The van der Waals surface area contributed by atoms with Crippen molar-refractivity contribution in [2.75, 3.05) is 11.6 Å². The van der Waals surface area contributed by atoms with Crippen LogP contribution in [0.1, 0.15) is 10.5 Å². The van der Waals surface area contributed by atoms with E-state index in [0.29, 0.717) is 5.69 Å². The first kappa shape index (κ1) is 12.6. The molecule has 3 nitrogen and oxygen atoms in total. The van der Waals surface area contributed by atoms with Gasteiger partial charge in [0.05, 0.1) is 0 Å². The maximum absolute atomic E-state index is 12.9. The van der Waals surface area contributed by atoms with E-state index in [9.17, 15) is 9.18 Å². The Morgan fingerprint density at radius 2 is 2.06 bits per heavy atom. The quantitative estimate of drug-likeness (QED) is 0.682. The molecule has 0 bridgehead atoms. The predicted molar refractivity (Wildman–Crippen MR) is 70.4 cm³/mol. The molecular weight excluding hydrogens is 251 g/mol. The summed E-state index contributed by atoms with van der Waals surface area (Å²) in [6.07, 6.45) is 1.95. The molecule has 1 aromatic heterocycles. The Kier molecular flexibility index (Phi) is 3.94. The van der Waals surface area contributed by atoms with E-state index >= 15 is 0 Å². The van der Waals surface area contributed by atoms with Gasteiger partial charge in [0.1, 0.15) is 5.69 Å². The molecule has 2 aromatic rings. The molecular formula is C13H11FN2OS. The summed E-state index contributed by atoms with van der Waals surface area (Å²) in [5.41, 5.74) is 0.725. The van der Waals surface area contributed by atoms with Crippen molar-refractivity contribution >= 4 is 23.4 Å². The van der Waals surface area contributed by atoms with Crippen LogP contribution in [0.5, 0.6) is 0 Å². The Bertz CT molecular complexity index is 574. The fourth-order valence-electron chi connectivity index (χ4n) is 1.43. The first-order valence-electron chi connectivity index (χ1n) is 5.27. The number of aromatic nitrogens is 1. The molecule has 0 aliphatic carbocycles. The second-order valence-electron chi connectivity index (χ2n) is 3.53. The van der Waals surface area contributed by atoms with Crippen LogP contribution in [-0.4, -0.2) is 17.1 Å². The molecule has 0 fully saturated rings. The van der Waals surface area contributed by atoms with Gasteiger partial charge < -0.3 is 5.32 Å². The smallest absolute Gasteiger partial charge is 0.274 e. The molecule has 2 rings (SSSR count). The molecule has 92 valence electrons. The average Bonchev–Trinajstić information content (AvgIpc) is 2.39. The highest BCUT2D eigenvalue weighted by Gasteiger charge is 2.08. The van der Waals surface area contributed by atoms with Crippen LogP contribution in [0.15, 0.2) is 47.4 Å². The number of thioether (sulfide) groups is 1. The van der Waals surface area contributed by atoms with Crippen LogP contribution in [0.2, 0.25) is 0 Å². The van der Waals surface area contributed by atoms with E-state index < -0.39 is 11.9 Å². The third-order valence-electron chi connectivity index (χ3n) is 2.28. The number of nitrogens with one attached hydrogen (secondary N) is 1. The average molecular weight is 262 g/mol. The number of anilines is 1. The van der Waals surface area contributed by atoms with Crippen LogP contribution in [0.3, 0.4) is 0 Å². The minimum Gasteiger partial charge on any atom is -0.321 e. The summed E-state index contributed by atoms with van der Waals surface area (Å²) >= 11 is 1.58. The van der Waals surface area contributed by atoms with E-state index in [1.165, 1.54) is 18.2 Å². The number of pyridine rings is 1. The van der Waals surface area contributed by atoms with Crippen molar-refractivity contribution in [3.63, 3.8) is 0 Å². The Hall–Kier alpha value is -1.88. The summed E-state index contributed by atoms with van der Waals surface area (Å²) in [6, 6.07) is 11.5. The molecule has 1 aromatic carbocycles. The minimum atomic E-state index is -0.666. The molecule has 0 aliphatic rings. The van der Waals surface area contributed by atoms with Crippen LogP contribution in [0.25, 0.3) is 0 Å². The number of nitrogens with zero attached hydrogens (tertiary/aromatic N) is 1. The molecule has 0 saturated carbocycles. The lowest BCUT2D eigenvalue weighted by Gasteiger charge is -2.05. The van der Waals surface area contributed by atoms with Crippen LogP contribution in [-0.2, 0) is 0 Å². The zero-order chi connectivity index (χ0) is 13.0. The van der Waals surface area contributed by atoms with E-state index in [0.717, 1.165) is 4.90 Å². The molecule has 0 aliphatic heterocycles. The number of benzene rings is 1. The highest BCUT2D eigenvalue weighted by Crippen LogP contribution is 2.19. The topological polar surface area (TPSA) is 42.0 Å². The van der Waals surface area contributed by atoms with Crippen LogP contribution in [0, 0.1) is 5.95 Å². The summed E-state index contributed by atoms with van der Waals surface area (Å²) in [5, 5.41) is 2.68. The van der Waals surface area contributed by atoms with Gasteiger partial charge in [0.15, 0.2) is 0 Å². The first-order chi connectivity index (χ1) is 8.69. The number of rotatable bonds is 3. The van der Waals surface area contributed by atoms with Crippen LogP contribution < -0.4 is 5.32 Å².